The number of alkyl halides is 6. The molecule has 2 heterocycles. The van der Waals surface area contributed by atoms with E-state index in [0.29, 0.717) is 16.8 Å². The summed E-state index contributed by atoms with van der Waals surface area (Å²) in [6.07, 6.45) is -7.59. The van der Waals surface area contributed by atoms with Crippen molar-refractivity contribution in [1.29, 1.82) is 0 Å². The monoisotopic (exact) mass is 481 g/mol. The van der Waals surface area contributed by atoms with E-state index in [-0.39, 0.29) is 17.0 Å². The van der Waals surface area contributed by atoms with Crippen LogP contribution in [0.3, 0.4) is 0 Å². The van der Waals surface area contributed by atoms with Crippen molar-refractivity contribution in [2.24, 2.45) is 10.8 Å². The Morgan fingerprint density at radius 2 is 1.15 bits per heavy atom. The molecule has 182 valence electrons. The Morgan fingerprint density at radius 3 is 1.62 bits per heavy atom. The van der Waals surface area contributed by atoms with Gasteiger partial charge in [0.15, 0.2) is 0 Å². The summed E-state index contributed by atoms with van der Waals surface area (Å²) in [4.78, 5) is 12.6. The number of hydrogen-bond donors (Lipinski definition) is 0. The first-order valence-corrected chi connectivity index (χ1v) is 10.6. The van der Waals surface area contributed by atoms with Gasteiger partial charge in [-0.3, -0.25) is 4.98 Å². The first kappa shape index (κ1) is 25.6. The van der Waals surface area contributed by atoms with Crippen molar-refractivity contribution in [3.8, 4) is 22.4 Å². The summed E-state index contributed by atoms with van der Waals surface area (Å²) in [5, 5.41) is 0. The van der Waals surface area contributed by atoms with Crippen LogP contribution >= 0.6 is 0 Å². The molecule has 0 atom stereocenters. The van der Waals surface area contributed by atoms with Crippen LogP contribution in [0.25, 0.3) is 22.4 Å². The molecular weight excluding hydrogens is 456 g/mol. The molecule has 0 radical (unpaired) electrons. The fraction of sp³-hybridized carbons (Fsp3) is 0.400. The first-order chi connectivity index (χ1) is 15.6. The lowest BCUT2D eigenvalue weighted by Gasteiger charge is -2.30. The van der Waals surface area contributed by atoms with E-state index >= 15 is 0 Å². The number of rotatable bonds is 6. The smallest absolute Gasteiger partial charge is 0.256 e. The SMILES string of the molecule is CC(C)(Cc1ncnc(CC(C)(C)C(F)(F)F)c1-c1cccnc1-c1ccccc1)C(F)(F)F. The number of pyridine rings is 1. The second kappa shape index (κ2) is 9.00. The minimum Gasteiger partial charge on any atom is -0.256 e. The molecule has 2 aromatic heterocycles. The Bertz CT molecular complexity index is 1090. The van der Waals surface area contributed by atoms with E-state index in [4.69, 9.17) is 0 Å². The third kappa shape index (κ3) is 5.23. The molecule has 9 heteroatoms. The zero-order chi connectivity index (χ0) is 25.4. The maximum Gasteiger partial charge on any atom is 0.394 e. The van der Waals surface area contributed by atoms with Crippen molar-refractivity contribution < 1.29 is 26.3 Å². The number of hydrogen-bond acceptors (Lipinski definition) is 3. The van der Waals surface area contributed by atoms with Crippen molar-refractivity contribution in [3.05, 3.63) is 66.4 Å². The molecule has 3 nitrogen and oxygen atoms in total. The van der Waals surface area contributed by atoms with Gasteiger partial charge in [-0.15, -0.1) is 0 Å². The normalized spacial score (nSPS) is 13.2. The Kier molecular flexibility index (Phi) is 6.79. The van der Waals surface area contributed by atoms with Crippen molar-refractivity contribution >= 4 is 0 Å². The highest BCUT2D eigenvalue weighted by molar-refractivity contribution is 5.83. The summed E-state index contributed by atoms with van der Waals surface area (Å²) < 4.78 is 82.3. The van der Waals surface area contributed by atoms with E-state index in [9.17, 15) is 26.3 Å². The fourth-order valence-corrected chi connectivity index (χ4v) is 3.51. The lowest BCUT2D eigenvalue weighted by molar-refractivity contribution is -0.211. The van der Waals surface area contributed by atoms with Gasteiger partial charge in [-0.2, -0.15) is 26.3 Å². The second-order valence-corrected chi connectivity index (χ2v) is 9.52. The molecule has 0 spiro atoms. The Labute approximate surface area is 194 Å². The number of nitrogens with zero attached hydrogens (tertiary/aromatic N) is 3. The Balaban J connectivity index is 2.28. The summed E-state index contributed by atoms with van der Waals surface area (Å²) in [6, 6.07) is 12.1. The molecule has 0 unspecified atom stereocenters. The van der Waals surface area contributed by atoms with Crippen LogP contribution < -0.4 is 0 Å². The zero-order valence-electron chi connectivity index (χ0n) is 19.2. The Hall–Kier alpha value is -2.97. The number of halogens is 6. The molecule has 1 aromatic carbocycles. The standard InChI is InChI=1S/C25H25F6N3/c1-22(2,24(26,27)28)13-18-20(19(34-15-33-18)14-23(3,4)25(29,30)31)17-11-8-12-32-21(17)16-9-6-5-7-10-16/h5-12,15H,13-14H2,1-4H3. The van der Waals surface area contributed by atoms with Gasteiger partial charge >= 0.3 is 12.4 Å². The lowest BCUT2D eigenvalue weighted by Crippen LogP contribution is -2.36. The van der Waals surface area contributed by atoms with Crippen molar-refractivity contribution in [1.82, 2.24) is 15.0 Å². The average Bonchev–Trinajstić information content (AvgIpc) is 2.72. The minimum atomic E-state index is -4.54. The highest BCUT2D eigenvalue weighted by Gasteiger charge is 2.49. The predicted octanol–water partition coefficient (Wildman–Crippen LogP) is 7.47. The first-order valence-electron chi connectivity index (χ1n) is 10.6. The van der Waals surface area contributed by atoms with E-state index < -0.39 is 36.0 Å². The van der Waals surface area contributed by atoms with E-state index in [0.717, 1.165) is 34.0 Å². The molecular formula is C25H25F6N3. The molecule has 0 amide bonds. The quantitative estimate of drug-likeness (QED) is 0.343. The lowest BCUT2D eigenvalue weighted by atomic mass is 9.81. The summed E-state index contributed by atoms with van der Waals surface area (Å²) in [5.41, 5.74) is -2.64. The molecule has 3 rings (SSSR count). The van der Waals surface area contributed by atoms with Gasteiger partial charge in [0.1, 0.15) is 6.33 Å². The van der Waals surface area contributed by atoms with Crippen LogP contribution in [-0.4, -0.2) is 27.3 Å². The minimum absolute atomic E-state index is 0.0236. The maximum atomic E-state index is 13.7. The van der Waals surface area contributed by atoms with Crippen LogP contribution in [0.2, 0.25) is 0 Å². The van der Waals surface area contributed by atoms with Gasteiger partial charge in [-0.05, 0) is 6.07 Å². The molecule has 0 saturated heterocycles. The van der Waals surface area contributed by atoms with E-state index in [2.05, 4.69) is 15.0 Å². The van der Waals surface area contributed by atoms with Crippen molar-refractivity contribution in [3.63, 3.8) is 0 Å². The van der Waals surface area contributed by atoms with E-state index in [1.54, 1.807) is 42.5 Å². The molecule has 0 bridgehead atoms. The van der Waals surface area contributed by atoms with Crippen molar-refractivity contribution in [2.75, 3.05) is 0 Å². The van der Waals surface area contributed by atoms with Crippen LogP contribution in [0.4, 0.5) is 26.3 Å². The van der Waals surface area contributed by atoms with Crippen molar-refractivity contribution in [2.45, 2.75) is 52.9 Å². The summed E-state index contributed by atoms with van der Waals surface area (Å²) in [6.45, 7) is 4.16. The topological polar surface area (TPSA) is 38.7 Å². The highest BCUT2D eigenvalue weighted by atomic mass is 19.4. The molecule has 0 aliphatic heterocycles. The summed E-state index contributed by atoms with van der Waals surface area (Å²) >= 11 is 0. The molecule has 0 N–H and O–H groups in total. The van der Waals surface area contributed by atoms with Gasteiger partial charge in [-0.1, -0.05) is 64.1 Å². The molecule has 34 heavy (non-hydrogen) atoms. The summed E-state index contributed by atoms with van der Waals surface area (Å²) in [7, 11) is 0. The molecule has 3 aromatic rings. The highest BCUT2D eigenvalue weighted by Crippen LogP contribution is 2.45. The fourth-order valence-electron chi connectivity index (χ4n) is 3.51. The Morgan fingerprint density at radius 1 is 0.647 bits per heavy atom. The van der Waals surface area contributed by atoms with Gasteiger partial charge in [0, 0.05) is 35.7 Å². The third-order valence-electron chi connectivity index (χ3n) is 5.88. The average molecular weight is 481 g/mol. The predicted molar refractivity (Wildman–Crippen MR) is 118 cm³/mol. The molecule has 0 fully saturated rings. The molecule has 0 saturated carbocycles. The van der Waals surface area contributed by atoms with Gasteiger partial charge < -0.3 is 0 Å². The third-order valence-corrected chi connectivity index (χ3v) is 5.88. The van der Waals surface area contributed by atoms with Gasteiger partial charge in [0.2, 0.25) is 0 Å². The summed E-state index contributed by atoms with van der Waals surface area (Å²) in [5.74, 6) is 0. The van der Waals surface area contributed by atoms with Gasteiger partial charge in [-0.25, -0.2) is 9.97 Å². The number of benzene rings is 1. The van der Waals surface area contributed by atoms with Gasteiger partial charge in [0.05, 0.1) is 27.9 Å². The molecule has 0 aliphatic rings. The van der Waals surface area contributed by atoms with Crippen LogP contribution in [-0.2, 0) is 12.8 Å². The van der Waals surface area contributed by atoms with Crippen LogP contribution in [0, 0.1) is 10.8 Å². The maximum absolute atomic E-state index is 13.7. The van der Waals surface area contributed by atoms with Crippen LogP contribution in [0.1, 0.15) is 39.1 Å². The second-order valence-electron chi connectivity index (χ2n) is 9.52. The largest absolute Gasteiger partial charge is 0.394 e. The van der Waals surface area contributed by atoms with E-state index in [1.165, 1.54) is 6.20 Å². The molecule has 0 aliphatic carbocycles. The van der Waals surface area contributed by atoms with E-state index in [1.807, 2.05) is 0 Å². The van der Waals surface area contributed by atoms with Crippen LogP contribution in [0.5, 0.6) is 0 Å². The number of aromatic nitrogens is 3. The van der Waals surface area contributed by atoms with Crippen LogP contribution in [0.15, 0.2) is 55.0 Å². The zero-order valence-corrected chi connectivity index (χ0v) is 19.2. The van der Waals surface area contributed by atoms with Gasteiger partial charge in [0.25, 0.3) is 0 Å².